The van der Waals surface area contributed by atoms with Crippen LogP contribution in [0.1, 0.15) is 0 Å². The van der Waals surface area contributed by atoms with Gasteiger partial charge in [0.2, 0.25) is 0 Å². The Morgan fingerprint density at radius 2 is 0.946 bits per heavy atom. The summed E-state index contributed by atoms with van der Waals surface area (Å²) >= 11 is 0. The molecule has 0 atom stereocenters. The highest BCUT2D eigenvalue weighted by atomic mass is 15.0. The Labute approximate surface area is 213 Å². The molecule has 5 heteroatoms. The van der Waals surface area contributed by atoms with Gasteiger partial charge in [0.25, 0.3) is 0 Å². The van der Waals surface area contributed by atoms with E-state index in [-0.39, 0.29) is 0 Å². The van der Waals surface area contributed by atoms with E-state index < -0.39 is 0 Å². The molecule has 0 amide bonds. The zero-order chi connectivity index (χ0) is 24.6. The summed E-state index contributed by atoms with van der Waals surface area (Å²) in [7, 11) is 0. The predicted molar refractivity (Wildman–Crippen MR) is 148 cm³/mol. The summed E-state index contributed by atoms with van der Waals surface area (Å²) in [6.45, 7) is 0. The van der Waals surface area contributed by atoms with Crippen LogP contribution >= 0.6 is 0 Å². The SMILES string of the molecule is c1ccc(-c2nc(-c3ccccc3)nc(-c3ccc(-n4c5ccccc5c5ncccc54)cc3)n2)cc1. The average molecular weight is 476 g/mol. The number of benzene rings is 4. The highest BCUT2D eigenvalue weighted by molar-refractivity contribution is 6.06. The molecule has 0 radical (unpaired) electrons. The minimum absolute atomic E-state index is 0.642. The molecular weight excluding hydrogens is 454 g/mol. The maximum atomic E-state index is 4.85. The van der Waals surface area contributed by atoms with Crippen LogP contribution < -0.4 is 0 Å². The van der Waals surface area contributed by atoms with Crippen molar-refractivity contribution in [3.63, 3.8) is 0 Å². The first-order chi connectivity index (χ1) is 18.3. The lowest BCUT2D eigenvalue weighted by Gasteiger charge is -2.10. The molecule has 7 rings (SSSR count). The normalized spacial score (nSPS) is 11.2. The molecule has 0 unspecified atom stereocenters. The summed E-state index contributed by atoms with van der Waals surface area (Å²) in [6, 6.07) is 40.9. The molecule has 4 aromatic carbocycles. The van der Waals surface area contributed by atoms with Gasteiger partial charge in [0, 0.05) is 34.0 Å². The van der Waals surface area contributed by atoms with Gasteiger partial charge in [-0.2, -0.15) is 0 Å². The van der Waals surface area contributed by atoms with Crippen molar-refractivity contribution < 1.29 is 0 Å². The zero-order valence-corrected chi connectivity index (χ0v) is 19.9. The Bertz CT molecular complexity index is 1750. The molecule has 0 aliphatic rings. The van der Waals surface area contributed by atoms with Crippen LogP contribution in [0, 0.1) is 0 Å². The van der Waals surface area contributed by atoms with E-state index >= 15 is 0 Å². The molecular formula is C32H21N5. The van der Waals surface area contributed by atoms with Gasteiger partial charge in [-0.05, 0) is 42.5 Å². The Morgan fingerprint density at radius 1 is 0.432 bits per heavy atom. The first kappa shape index (κ1) is 21.1. The van der Waals surface area contributed by atoms with Gasteiger partial charge in [0.05, 0.1) is 16.6 Å². The summed E-state index contributed by atoms with van der Waals surface area (Å²) < 4.78 is 2.25. The minimum atomic E-state index is 0.642. The average Bonchev–Trinajstić information content (AvgIpc) is 3.32. The molecule has 0 fully saturated rings. The lowest BCUT2D eigenvalue weighted by molar-refractivity contribution is 1.07. The summed E-state index contributed by atoms with van der Waals surface area (Å²) in [4.78, 5) is 19.1. The van der Waals surface area contributed by atoms with Crippen LogP contribution in [0.15, 0.2) is 128 Å². The number of rotatable bonds is 4. The van der Waals surface area contributed by atoms with Crippen molar-refractivity contribution in [2.75, 3.05) is 0 Å². The molecule has 0 aliphatic carbocycles. The third-order valence-electron chi connectivity index (χ3n) is 6.51. The van der Waals surface area contributed by atoms with E-state index in [1.54, 1.807) is 0 Å². The first-order valence-corrected chi connectivity index (χ1v) is 12.2. The van der Waals surface area contributed by atoms with E-state index in [4.69, 9.17) is 15.0 Å². The molecule has 0 saturated heterocycles. The molecule has 3 aromatic heterocycles. The molecule has 3 heterocycles. The Morgan fingerprint density at radius 3 is 1.57 bits per heavy atom. The maximum Gasteiger partial charge on any atom is 0.164 e. The van der Waals surface area contributed by atoms with Gasteiger partial charge in [0.15, 0.2) is 17.5 Å². The third-order valence-corrected chi connectivity index (χ3v) is 6.51. The molecule has 5 nitrogen and oxygen atoms in total. The molecule has 0 spiro atoms. The van der Waals surface area contributed by atoms with E-state index in [0.29, 0.717) is 17.5 Å². The van der Waals surface area contributed by atoms with E-state index in [1.807, 2.05) is 72.9 Å². The predicted octanol–water partition coefficient (Wildman–Crippen LogP) is 7.36. The summed E-state index contributed by atoms with van der Waals surface area (Å²) in [5.41, 5.74) is 7.11. The largest absolute Gasteiger partial charge is 0.308 e. The second kappa shape index (κ2) is 8.81. The van der Waals surface area contributed by atoms with Gasteiger partial charge in [-0.15, -0.1) is 0 Å². The fraction of sp³-hybridized carbons (Fsp3) is 0. The van der Waals surface area contributed by atoms with Crippen molar-refractivity contribution in [2.24, 2.45) is 0 Å². The highest BCUT2D eigenvalue weighted by Gasteiger charge is 2.14. The standard InChI is InChI=1S/C32H21N5/c1-3-10-22(11-4-1)30-34-31(23-12-5-2-6-13-23)36-32(35-30)24-17-19-25(20-18-24)37-27-15-8-7-14-26(27)29-28(37)16-9-21-33-29/h1-21H. The number of hydrogen-bond acceptors (Lipinski definition) is 4. The third kappa shape index (κ3) is 3.74. The van der Waals surface area contributed by atoms with Crippen LogP contribution in [0.2, 0.25) is 0 Å². The topological polar surface area (TPSA) is 56.5 Å². The summed E-state index contributed by atoms with van der Waals surface area (Å²) in [5.74, 6) is 1.95. The van der Waals surface area contributed by atoms with Gasteiger partial charge in [-0.3, -0.25) is 4.98 Å². The quantitative estimate of drug-likeness (QED) is 0.267. The van der Waals surface area contributed by atoms with E-state index in [9.17, 15) is 0 Å². The van der Waals surface area contributed by atoms with Gasteiger partial charge < -0.3 is 4.57 Å². The number of para-hydroxylation sites is 1. The van der Waals surface area contributed by atoms with E-state index in [1.165, 1.54) is 0 Å². The number of hydrogen-bond donors (Lipinski definition) is 0. The molecule has 0 bridgehead atoms. The van der Waals surface area contributed by atoms with Crippen molar-refractivity contribution in [3.05, 3.63) is 128 Å². The molecule has 37 heavy (non-hydrogen) atoms. The van der Waals surface area contributed by atoms with Gasteiger partial charge in [0.1, 0.15) is 0 Å². The Hall–Kier alpha value is -5.16. The maximum absolute atomic E-state index is 4.85. The van der Waals surface area contributed by atoms with Crippen molar-refractivity contribution in [1.29, 1.82) is 0 Å². The lowest BCUT2D eigenvalue weighted by Crippen LogP contribution is -2.00. The molecule has 0 aliphatic heterocycles. The smallest absolute Gasteiger partial charge is 0.164 e. The number of pyridine rings is 1. The molecule has 7 aromatic rings. The molecule has 174 valence electrons. The number of fused-ring (bicyclic) bond motifs is 3. The summed E-state index contributed by atoms with van der Waals surface area (Å²) in [5, 5.41) is 1.14. The van der Waals surface area contributed by atoms with Crippen LogP contribution in [0.4, 0.5) is 0 Å². The van der Waals surface area contributed by atoms with E-state index in [2.05, 4.69) is 64.1 Å². The molecule has 0 N–H and O–H groups in total. The first-order valence-electron chi connectivity index (χ1n) is 12.2. The van der Waals surface area contributed by atoms with Crippen LogP contribution in [0.5, 0.6) is 0 Å². The van der Waals surface area contributed by atoms with E-state index in [0.717, 1.165) is 44.3 Å². The van der Waals surface area contributed by atoms with Gasteiger partial charge in [-0.1, -0.05) is 78.9 Å². The number of aromatic nitrogens is 5. The van der Waals surface area contributed by atoms with Crippen LogP contribution in [0.3, 0.4) is 0 Å². The van der Waals surface area contributed by atoms with Crippen LogP contribution in [-0.4, -0.2) is 24.5 Å². The minimum Gasteiger partial charge on any atom is -0.308 e. The lowest BCUT2D eigenvalue weighted by atomic mass is 10.1. The van der Waals surface area contributed by atoms with Crippen molar-refractivity contribution >= 4 is 21.9 Å². The zero-order valence-electron chi connectivity index (χ0n) is 19.9. The van der Waals surface area contributed by atoms with Crippen molar-refractivity contribution in [3.8, 4) is 39.9 Å². The monoisotopic (exact) mass is 475 g/mol. The van der Waals surface area contributed by atoms with Gasteiger partial charge in [-0.25, -0.2) is 15.0 Å². The number of nitrogens with zero attached hydrogens (tertiary/aromatic N) is 5. The second-order valence-corrected chi connectivity index (χ2v) is 8.81. The Balaban J connectivity index is 1.37. The second-order valence-electron chi connectivity index (χ2n) is 8.81. The molecule has 0 saturated carbocycles. The van der Waals surface area contributed by atoms with Crippen molar-refractivity contribution in [1.82, 2.24) is 24.5 Å². The Kier molecular flexibility index (Phi) is 5.03. The van der Waals surface area contributed by atoms with Crippen LogP contribution in [-0.2, 0) is 0 Å². The fourth-order valence-corrected chi connectivity index (χ4v) is 4.76. The van der Waals surface area contributed by atoms with Crippen molar-refractivity contribution in [2.45, 2.75) is 0 Å². The van der Waals surface area contributed by atoms with Gasteiger partial charge >= 0.3 is 0 Å². The highest BCUT2D eigenvalue weighted by Crippen LogP contribution is 2.31. The fourth-order valence-electron chi connectivity index (χ4n) is 4.76. The van der Waals surface area contributed by atoms with Crippen LogP contribution in [0.25, 0.3) is 61.8 Å². The summed E-state index contributed by atoms with van der Waals surface area (Å²) in [6.07, 6.45) is 1.84.